The summed E-state index contributed by atoms with van der Waals surface area (Å²) < 4.78 is 1.70. The molecule has 0 aliphatic carbocycles. The minimum absolute atomic E-state index is 0.0441. The van der Waals surface area contributed by atoms with Crippen molar-refractivity contribution < 1.29 is 4.92 Å². The molecule has 1 aromatic carbocycles. The summed E-state index contributed by atoms with van der Waals surface area (Å²) >= 11 is 6.97. The number of hydrogen-bond acceptors (Lipinski definition) is 7. The van der Waals surface area contributed by atoms with Gasteiger partial charge in [0.1, 0.15) is 33.3 Å². The zero-order chi connectivity index (χ0) is 17.7. The van der Waals surface area contributed by atoms with Crippen LogP contribution in [-0.4, -0.2) is 19.5 Å². The topological polar surface area (TPSA) is 117 Å². The molecular weight excluding hydrogens is 366 g/mol. The highest BCUT2D eigenvalue weighted by Crippen LogP contribution is 2.37. The fourth-order valence-electron chi connectivity index (χ4n) is 2.54. The van der Waals surface area contributed by atoms with E-state index in [9.17, 15) is 14.9 Å². The van der Waals surface area contributed by atoms with Crippen LogP contribution in [0.1, 0.15) is 0 Å². The Morgan fingerprint density at radius 2 is 1.96 bits per heavy atom. The zero-order valence-corrected chi connectivity index (χ0v) is 13.9. The van der Waals surface area contributed by atoms with Gasteiger partial charge >= 0.3 is 5.69 Å². The van der Waals surface area contributed by atoms with E-state index < -0.39 is 4.92 Å². The van der Waals surface area contributed by atoms with Crippen LogP contribution in [0.2, 0.25) is 5.02 Å². The number of halogens is 1. The van der Waals surface area contributed by atoms with E-state index in [0.717, 1.165) is 17.5 Å². The summed E-state index contributed by atoms with van der Waals surface area (Å²) in [6.07, 6.45) is 2.45. The van der Waals surface area contributed by atoms with Crippen molar-refractivity contribution >= 4 is 54.7 Å². The first-order valence-electron chi connectivity index (χ1n) is 6.96. The van der Waals surface area contributed by atoms with Crippen LogP contribution in [-0.2, 0) is 0 Å². The number of thiophene rings is 1. The Balaban J connectivity index is 2.04. The second kappa shape index (κ2) is 5.50. The molecule has 10 heteroatoms. The lowest BCUT2D eigenvalue weighted by atomic mass is 10.2. The molecule has 0 aliphatic heterocycles. The van der Waals surface area contributed by atoms with Gasteiger partial charge in [-0.15, -0.1) is 11.3 Å². The molecule has 0 fully saturated rings. The molecule has 0 unspecified atom stereocenters. The molecule has 0 aliphatic rings. The SMILES string of the molecule is Nc1c([N+](=O)[O-])cnc2sc3c(=O)n(-c4ccc(Cl)cc4)cnc3c12. The van der Waals surface area contributed by atoms with Gasteiger partial charge in [0.05, 0.1) is 16.0 Å². The summed E-state index contributed by atoms with van der Waals surface area (Å²) in [7, 11) is 0. The number of nitrogens with two attached hydrogens (primary N) is 1. The molecule has 0 saturated carbocycles. The van der Waals surface area contributed by atoms with Crippen LogP contribution in [0.5, 0.6) is 0 Å². The average molecular weight is 374 g/mol. The highest BCUT2D eigenvalue weighted by atomic mass is 35.5. The summed E-state index contributed by atoms with van der Waals surface area (Å²) in [5, 5.41) is 11.9. The monoisotopic (exact) mass is 373 g/mol. The number of aromatic nitrogens is 3. The molecule has 25 heavy (non-hydrogen) atoms. The Morgan fingerprint density at radius 1 is 1.24 bits per heavy atom. The van der Waals surface area contributed by atoms with Crippen molar-refractivity contribution in [3.63, 3.8) is 0 Å². The standard InChI is InChI=1S/C15H8ClN5O3S/c16-7-1-3-8(4-2-7)20-6-19-12-10-11(17)9(21(23)24)5-18-14(10)25-13(12)15(20)22/h1-6H,(H2,17,18). The molecule has 4 aromatic rings. The Labute approximate surface area is 148 Å². The molecule has 0 atom stereocenters. The van der Waals surface area contributed by atoms with E-state index in [1.54, 1.807) is 24.3 Å². The van der Waals surface area contributed by atoms with Crippen molar-refractivity contribution in [2.45, 2.75) is 0 Å². The van der Waals surface area contributed by atoms with E-state index in [-0.39, 0.29) is 16.9 Å². The number of pyridine rings is 1. The number of anilines is 1. The lowest BCUT2D eigenvalue weighted by Crippen LogP contribution is -2.17. The van der Waals surface area contributed by atoms with Crippen LogP contribution in [0, 0.1) is 10.1 Å². The summed E-state index contributed by atoms with van der Waals surface area (Å²) in [6.45, 7) is 0. The van der Waals surface area contributed by atoms with Gasteiger partial charge in [-0.2, -0.15) is 0 Å². The van der Waals surface area contributed by atoms with Gasteiger partial charge < -0.3 is 5.73 Å². The number of fused-ring (bicyclic) bond motifs is 3. The third-order valence-electron chi connectivity index (χ3n) is 3.73. The second-order valence-electron chi connectivity index (χ2n) is 5.17. The smallest absolute Gasteiger partial charge is 0.311 e. The van der Waals surface area contributed by atoms with E-state index in [1.165, 1.54) is 10.9 Å². The normalized spacial score (nSPS) is 11.2. The van der Waals surface area contributed by atoms with Crippen molar-refractivity contribution in [1.82, 2.24) is 14.5 Å². The minimum atomic E-state index is -0.611. The van der Waals surface area contributed by atoms with Gasteiger partial charge in [-0.25, -0.2) is 9.97 Å². The lowest BCUT2D eigenvalue weighted by molar-refractivity contribution is -0.384. The van der Waals surface area contributed by atoms with Crippen LogP contribution >= 0.6 is 22.9 Å². The van der Waals surface area contributed by atoms with Gasteiger partial charge in [0.2, 0.25) is 0 Å². The van der Waals surface area contributed by atoms with Gasteiger partial charge in [0.25, 0.3) is 5.56 Å². The van der Waals surface area contributed by atoms with Crippen molar-refractivity contribution in [2.24, 2.45) is 0 Å². The van der Waals surface area contributed by atoms with Crippen LogP contribution in [0.15, 0.2) is 41.6 Å². The van der Waals surface area contributed by atoms with Crippen LogP contribution in [0.25, 0.3) is 26.1 Å². The predicted molar refractivity (Wildman–Crippen MR) is 96.6 cm³/mol. The highest BCUT2D eigenvalue weighted by molar-refractivity contribution is 7.25. The van der Waals surface area contributed by atoms with Crippen LogP contribution < -0.4 is 11.3 Å². The first-order valence-corrected chi connectivity index (χ1v) is 8.15. The maximum absolute atomic E-state index is 12.8. The molecule has 0 amide bonds. The van der Waals surface area contributed by atoms with Crippen molar-refractivity contribution in [1.29, 1.82) is 0 Å². The zero-order valence-electron chi connectivity index (χ0n) is 12.3. The molecule has 0 bridgehead atoms. The van der Waals surface area contributed by atoms with Crippen molar-refractivity contribution in [3.8, 4) is 5.69 Å². The molecule has 0 spiro atoms. The first kappa shape index (κ1) is 15.5. The Kier molecular flexibility index (Phi) is 3.41. The van der Waals surface area contributed by atoms with Crippen molar-refractivity contribution in [2.75, 3.05) is 5.73 Å². The quantitative estimate of drug-likeness (QED) is 0.426. The third-order valence-corrected chi connectivity index (χ3v) is 5.06. The van der Waals surface area contributed by atoms with Crippen LogP contribution in [0.3, 0.4) is 0 Å². The highest BCUT2D eigenvalue weighted by Gasteiger charge is 2.21. The summed E-state index contributed by atoms with van der Waals surface area (Å²) in [5.74, 6) is 0. The molecule has 3 heterocycles. The van der Waals surface area contributed by atoms with E-state index in [4.69, 9.17) is 17.3 Å². The average Bonchev–Trinajstić information content (AvgIpc) is 2.97. The molecule has 8 nitrogen and oxygen atoms in total. The molecule has 3 aromatic heterocycles. The fraction of sp³-hybridized carbons (Fsp3) is 0. The van der Waals surface area contributed by atoms with Gasteiger partial charge in [-0.05, 0) is 24.3 Å². The summed E-state index contributed by atoms with van der Waals surface area (Å²) in [6, 6.07) is 6.73. The summed E-state index contributed by atoms with van der Waals surface area (Å²) in [4.78, 5) is 32.0. The van der Waals surface area contributed by atoms with Gasteiger partial charge in [0.15, 0.2) is 0 Å². The lowest BCUT2D eigenvalue weighted by Gasteiger charge is -2.05. The fourth-order valence-corrected chi connectivity index (χ4v) is 3.71. The number of hydrogen-bond donors (Lipinski definition) is 1. The van der Waals surface area contributed by atoms with Crippen LogP contribution in [0.4, 0.5) is 11.4 Å². The van der Waals surface area contributed by atoms with E-state index in [1.807, 2.05) is 0 Å². The van der Waals surface area contributed by atoms with Gasteiger partial charge in [-0.1, -0.05) is 11.6 Å². The molecule has 0 saturated heterocycles. The third kappa shape index (κ3) is 2.32. The Bertz CT molecular complexity index is 1220. The Hall–Kier alpha value is -3.04. The molecule has 124 valence electrons. The molecular formula is C15H8ClN5O3S. The van der Waals surface area contributed by atoms with E-state index >= 15 is 0 Å². The van der Waals surface area contributed by atoms with Gasteiger partial charge in [0, 0.05) is 5.02 Å². The molecule has 0 radical (unpaired) electrons. The van der Waals surface area contributed by atoms with E-state index in [2.05, 4.69) is 9.97 Å². The molecule has 4 rings (SSSR count). The Morgan fingerprint density at radius 3 is 2.64 bits per heavy atom. The van der Waals surface area contributed by atoms with Gasteiger partial charge in [-0.3, -0.25) is 19.5 Å². The predicted octanol–water partition coefficient (Wildman–Crippen LogP) is 3.14. The molecule has 2 N–H and O–H groups in total. The maximum Gasteiger partial charge on any atom is 0.311 e. The number of rotatable bonds is 2. The largest absolute Gasteiger partial charge is 0.392 e. The van der Waals surface area contributed by atoms with Crippen molar-refractivity contribution in [3.05, 3.63) is 62.3 Å². The first-order chi connectivity index (χ1) is 12.0. The number of nitro groups is 1. The van der Waals surface area contributed by atoms with E-state index in [0.29, 0.717) is 31.1 Å². The number of benzene rings is 1. The second-order valence-corrected chi connectivity index (χ2v) is 6.61. The number of nitrogens with zero attached hydrogens (tertiary/aromatic N) is 4. The minimum Gasteiger partial charge on any atom is -0.392 e. The summed E-state index contributed by atoms with van der Waals surface area (Å²) in [5.41, 5.74) is 6.16. The maximum atomic E-state index is 12.8. The number of nitrogen functional groups attached to an aromatic ring is 1.